The maximum Gasteiger partial charge on any atom is 0.150 e. The van der Waals surface area contributed by atoms with Crippen LogP contribution in [0.15, 0.2) is 0 Å². The van der Waals surface area contributed by atoms with Crippen molar-refractivity contribution in [3.05, 3.63) is 0 Å². The molecule has 4 heteroatoms. The molecule has 0 radical (unpaired) electrons. The van der Waals surface area contributed by atoms with Gasteiger partial charge < -0.3 is 5.73 Å². The summed E-state index contributed by atoms with van der Waals surface area (Å²) in [5, 5.41) is 0. The van der Waals surface area contributed by atoms with Gasteiger partial charge in [-0.25, -0.2) is 8.42 Å². The van der Waals surface area contributed by atoms with Crippen LogP contribution < -0.4 is 5.73 Å². The number of rotatable bonds is 2. The Bertz CT molecular complexity index is 293. The van der Waals surface area contributed by atoms with Crippen LogP contribution in [0.4, 0.5) is 0 Å². The first-order valence-electron chi connectivity index (χ1n) is 4.98. The molecule has 0 aromatic heterocycles. The van der Waals surface area contributed by atoms with Crippen molar-refractivity contribution in [3.8, 4) is 0 Å². The van der Waals surface area contributed by atoms with Crippen molar-refractivity contribution < 1.29 is 8.42 Å². The fourth-order valence-electron chi connectivity index (χ4n) is 2.22. The quantitative estimate of drug-likeness (QED) is 0.718. The van der Waals surface area contributed by atoms with Crippen molar-refractivity contribution in [2.45, 2.75) is 37.6 Å². The van der Waals surface area contributed by atoms with E-state index in [9.17, 15) is 8.42 Å². The molecule has 1 unspecified atom stereocenters. The molecule has 0 aromatic carbocycles. The molecule has 1 aliphatic carbocycles. The topological polar surface area (TPSA) is 60.2 Å². The molecule has 76 valence electrons. The van der Waals surface area contributed by atoms with E-state index in [1.54, 1.807) is 0 Å². The summed E-state index contributed by atoms with van der Waals surface area (Å²) in [7, 11) is -2.73. The van der Waals surface area contributed by atoms with Crippen molar-refractivity contribution in [3.63, 3.8) is 0 Å². The Labute approximate surface area is 79.6 Å². The molecule has 2 N–H and O–H groups in total. The first kappa shape index (κ1) is 9.46. The van der Waals surface area contributed by atoms with Gasteiger partial charge >= 0.3 is 0 Å². The fourth-order valence-corrected chi connectivity index (χ4v) is 3.99. The van der Waals surface area contributed by atoms with Crippen LogP contribution in [0.3, 0.4) is 0 Å². The Kier molecular flexibility index (Phi) is 2.15. The highest BCUT2D eigenvalue weighted by Crippen LogP contribution is 2.40. The number of hydrogen-bond acceptors (Lipinski definition) is 3. The average molecular weight is 203 g/mol. The summed E-state index contributed by atoms with van der Waals surface area (Å²) in [6.45, 7) is 0. The Hall–Kier alpha value is -0.0900. The van der Waals surface area contributed by atoms with Crippen molar-refractivity contribution in [1.82, 2.24) is 0 Å². The summed E-state index contributed by atoms with van der Waals surface area (Å²) in [5.41, 5.74) is 5.98. The van der Waals surface area contributed by atoms with Gasteiger partial charge in [-0.3, -0.25) is 0 Å². The fraction of sp³-hybridized carbons (Fsp3) is 1.00. The second-order valence-electron chi connectivity index (χ2n) is 4.69. The Morgan fingerprint density at radius 2 is 2.08 bits per heavy atom. The first-order valence-corrected chi connectivity index (χ1v) is 6.81. The molecule has 2 aliphatic rings. The number of sulfone groups is 1. The molecule has 1 aliphatic heterocycles. The molecule has 3 nitrogen and oxygen atoms in total. The summed E-state index contributed by atoms with van der Waals surface area (Å²) in [6.07, 6.45) is 4.99. The second-order valence-corrected chi connectivity index (χ2v) is 6.92. The van der Waals surface area contributed by atoms with E-state index < -0.39 is 9.84 Å². The molecule has 1 heterocycles. The van der Waals surface area contributed by atoms with Crippen molar-refractivity contribution in [2.24, 2.45) is 11.7 Å². The zero-order chi connectivity index (χ0) is 9.53. The van der Waals surface area contributed by atoms with Gasteiger partial charge in [0.1, 0.15) is 0 Å². The van der Waals surface area contributed by atoms with E-state index in [4.69, 9.17) is 5.73 Å². The highest BCUT2D eigenvalue weighted by Gasteiger charge is 2.41. The van der Waals surface area contributed by atoms with Gasteiger partial charge in [0.2, 0.25) is 0 Å². The summed E-state index contributed by atoms with van der Waals surface area (Å²) in [4.78, 5) is 0. The Balaban J connectivity index is 1.93. The van der Waals surface area contributed by atoms with E-state index in [1.807, 2.05) is 0 Å². The molecule has 2 rings (SSSR count). The third-order valence-electron chi connectivity index (χ3n) is 3.14. The molecule has 1 saturated carbocycles. The SMILES string of the molecule is NC1(CC2CCCS(=O)(=O)C2)CC1. The summed E-state index contributed by atoms with van der Waals surface area (Å²) < 4.78 is 22.7. The third kappa shape index (κ3) is 2.44. The molecular weight excluding hydrogens is 186 g/mol. The standard InChI is InChI=1S/C9H17NO2S/c10-9(3-4-9)6-8-2-1-5-13(11,12)7-8/h8H,1-7,10H2. The maximum atomic E-state index is 11.3. The van der Waals surface area contributed by atoms with Gasteiger partial charge in [0, 0.05) is 5.54 Å². The lowest BCUT2D eigenvalue weighted by Gasteiger charge is -2.24. The van der Waals surface area contributed by atoms with E-state index in [-0.39, 0.29) is 5.54 Å². The lowest BCUT2D eigenvalue weighted by atomic mass is 9.96. The summed E-state index contributed by atoms with van der Waals surface area (Å²) in [6, 6.07) is 0. The molecular formula is C9H17NO2S. The van der Waals surface area contributed by atoms with Crippen LogP contribution in [-0.2, 0) is 9.84 Å². The van der Waals surface area contributed by atoms with Gasteiger partial charge in [-0.05, 0) is 38.0 Å². The minimum absolute atomic E-state index is 0.0114. The maximum absolute atomic E-state index is 11.3. The molecule has 0 spiro atoms. The monoisotopic (exact) mass is 203 g/mol. The molecule has 13 heavy (non-hydrogen) atoms. The second kappa shape index (κ2) is 2.95. The summed E-state index contributed by atoms with van der Waals surface area (Å²) in [5.74, 6) is 1.11. The van der Waals surface area contributed by atoms with E-state index >= 15 is 0 Å². The Morgan fingerprint density at radius 1 is 1.38 bits per heavy atom. The minimum atomic E-state index is -2.73. The molecule has 2 fully saturated rings. The lowest BCUT2D eigenvalue weighted by molar-refractivity contribution is 0.409. The van der Waals surface area contributed by atoms with Crippen molar-refractivity contribution in [1.29, 1.82) is 0 Å². The van der Waals surface area contributed by atoms with E-state index in [0.717, 1.165) is 32.1 Å². The predicted octanol–water partition coefficient (Wildman–Crippen LogP) is 0.693. The van der Waals surface area contributed by atoms with Crippen molar-refractivity contribution >= 4 is 9.84 Å². The smallest absolute Gasteiger partial charge is 0.150 e. The number of nitrogens with two attached hydrogens (primary N) is 1. The molecule has 0 bridgehead atoms. The van der Waals surface area contributed by atoms with Crippen LogP contribution in [0, 0.1) is 5.92 Å². The van der Waals surface area contributed by atoms with Crippen LogP contribution in [0.2, 0.25) is 0 Å². The van der Waals surface area contributed by atoms with Crippen LogP contribution >= 0.6 is 0 Å². The Morgan fingerprint density at radius 3 is 2.62 bits per heavy atom. The lowest BCUT2D eigenvalue weighted by Crippen LogP contribution is -2.32. The van der Waals surface area contributed by atoms with Crippen molar-refractivity contribution in [2.75, 3.05) is 11.5 Å². The van der Waals surface area contributed by atoms with Gasteiger partial charge in [-0.15, -0.1) is 0 Å². The largest absolute Gasteiger partial charge is 0.325 e. The minimum Gasteiger partial charge on any atom is -0.325 e. The molecule has 1 saturated heterocycles. The van der Waals surface area contributed by atoms with E-state index in [0.29, 0.717) is 17.4 Å². The normalized spacial score (nSPS) is 35.6. The van der Waals surface area contributed by atoms with Crippen LogP contribution in [0.5, 0.6) is 0 Å². The van der Waals surface area contributed by atoms with Gasteiger partial charge in [0.05, 0.1) is 11.5 Å². The molecule has 0 amide bonds. The van der Waals surface area contributed by atoms with Gasteiger partial charge in [0.15, 0.2) is 9.84 Å². The van der Waals surface area contributed by atoms with E-state index in [2.05, 4.69) is 0 Å². The van der Waals surface area contributed by atoms with Gasteiger partial charge in [-0.1, -0.05) is 0 Å². The highest BCUT2D eigenvalue weighted by molar-refractivity contribution is 7.91. The van der Waals surface area contributed by atoms with Crippen LogP contribution in [-0.4, -0.2) is 25.5 Å². The number of hydrogen-bond donors (Lipinski definition) is 1. The third-order valence-corrected chi connectivity index (χ3v) is 5.03. The summed E-state index contributed by atoms with van der Waals surface area (Å²) >= 11 is 0. The molecule has 1 atom stereocenters. The predicted molar refractivity (Wildman–Crippen MR) is 52.1 cm³/mol. The molecule has 0 aromatic rings. The zero-order valence-corrected chi connectivity index (χ0v) is 8.65. The van der Waals surface area contributed by atoms with Gasteiger partial charge in [-0.2, -0.15) is 0 Å². The zero-order valence-electron chi connectivity index (χ0n) is 7.83. The van der Waals surface area contributed by atoms with Crippen LogP contribution in [0.25, 0.3) is 0 Å². The van der Waals surface area contributed by atoms with Crippen LogP contribution in [0.1, 0.15) is 32.1 Å². The first-order chi connectivity index (χ1) is 5.99. The van der Waals surface area contributed by atoms with E-state index in [1.165, 1.54) is 0 Å². The van der Waals surface area contributed by atoms with Gasteiger partial charge in [0.25, 0.3) is 0 Å². The average Bonchev–Trinajstić information content (AvgIpc) is 2.65. The highest BCUT2D eigenvalue weighted by atomic mass is 32.2.